The van der Waals surface area contributed by atoms with Crippen molar-refractivity contribution in [3.8, 4) is 11.7 Å². The number of piperazine rings is 1. The van der Waals surface area contributed by atoms with Gasteiger partial charge in [-0.15, -0.1) is 10.2 Å². The molecule has 0 spiro atoms. The first kappa shape index (κ1) is 16.3. The molecule has 4 rings (SSSR count). The van der Waals surface area contributed by atoms with Gasteiger partial charge in [0.05, 0.1) is 12.8 Å². The van der Waals surface area contributed by atoms with Gasteiger partial charge in [0, 0.05) is 32.6 Å². The summed E-state index contributed by atoms with van der Waals surface area (Å²) in [6.45, 7) is 3.86. The van der Waals surface area contributed by atoms with Crippen LogP contribution in [0.5, 0.6) is 0 Å². The highest BCUT2D eigenvalue weighted by Crippen LogP contribution is 2.28. The summed E-state index contributed by atoms with van der Waals surface area (Å²) in [6, 6.07) is 3.59. The molecule has 0 unspecified atom stereocenters. The molecule has 1 amide bonds. The summed E-state index contributed by atoms with van der Waals surface area (Å²) < 4.78 is 10.9. The van der Waals surface area contributed by atoms with Crippen molar-refractivity contribution in [1.29, 1.82) is 0 Å². The number of carbonyl (C=O) groups excluding carboxylic acids is 1. The lowest BCUT2D eigenvalue weighted by atomic mass is 10.0. The molecule has 1 aliphatic carbocycles. The second-order valence-electron chi connectivity index (χ2n) is 6.99. The fraction of sp³-hybridized carbons (Fsp3) is 0.611. The van der Waals surface area contributed by atoms with Crippen LogP contribution < -0.4 is 0 Å². The second kappa shape index (κ2) is 7.39. The van der Waals surface area contributed by atoms with E-state index in [0.29, 0.717) is 35.9 Å². The average Bonchev–Trinajstić information content (AvgIpc) is 3.38. The summed E-state index contributed by atoms with van der Waals surface area (Å²) in [5.74, 6) is 2.51. The number of amides is 1. The van der Waals surface area contributed by atoms with E-state index < -0.39 is 0 Å². The Balaban J connectivity index is 1.25. The van der Waals surface area contributed by atoms with Gasteiger partial charge >= 0.3 is 0 Å². The lowest BCUT2D eigenvalue weighted by molar-refractivity contribution is -0.134. The first-order valence-corrected chi connectivity index (χ1v) is 9.14. The van der Waals surface area contributed by atoms with Crippen LogP contribution in [0.4, 0.5) is 0 Å². The van der Waals surface area contributed by atoms with E-state index >= 15 is 0 Å². The summed E-state index contributed by atoms with van der Waals surface area (Å²) in [5, 5.41) is 8.11. The normalized spacial score (nSPS) is 19.6. The minimum atomic E-state index is 0.324. The van der Waals surface area contributed by atoms with Gasteiger partial charge in [-0.3, -0.25) is 9.69 Å². The predicted molar refractivity (Wildman–Crippen MR) is 90.4 cm³/mol. The molecule has 0 bridgehead atoms. The minimum Gasteiger partial charge on any atom is -0.459 e. The number of carbonyl (C=O) groups is 1. The number of nitrogens with zero attached hydrogens (tertiary/aromatic N) is 4. The Hall–Kier alpha value is -2.15. The molecular weight excluding hydrogens is 320 g/mol. The molecule has 134 valence electrons. The smallest absolute Gasteiger partial charge is 0.283 e. The first-order chi connectivity index (χ1) is 12.3. The molecule has 1 saturated heterocycles. The van der Waals surface area contributed by atoms with Crippen molar-refractivity contribution in [3.05, 3.63) is 24.3 Å². The van der Waals surface area contributed by atoms with Gasteiger partial charge in [-0.2, -0.15) is 0 Å². The summed E-state index contributed by atoms with van der Waals surface area (Å²) in [5.41, 5.74) is 0. The molecule has 2 fully saturated rings. The van der Waals surface area contributed by atoms with Gasteiger partial charge in [0.2, 0.25) is 11.8 Å². The van der Waals surface area contributed by atoms with Gasteiger partial charge in [0.25, 0.3) is 5.89 Å². The van der Waals surface area contributed by atoms with Crippen LogP contribution in [0.25, 0.3) is 11.7 Å². The topological polar surface area (TPSA) is 75.6 Å². The third kappa shape index (κ3) is 3.92. The quantitative estimate of drug-likeness (QED) is 0.830. The lowest BCUT2D eigenvalue weighted by Crippen LogP contribution is -2.48. The van der Waals surface area contributed by atoms with E-state index in [2.05, 4.69) is 15.1 Å². The molecule has 0 N–H and O–H groups in total. The molecule has 2 aromatic heterocycles. The highest BCUT2D eigenvalue weighted by molar-refractivity contribution is 5.76. The van der Waals surface area contributed by atoms with Crippen LogP contribution in [0.15, 0.2) is 27.2 Å². The molecule has 0 atom stereocenters. The van der Waals surface area contributed by atoms with Crippen molar-refractivity contribution in [2.24, 2.45) is 5.92 Å². The summed E-state index contributed by atoms with van der Waals surface area (Å²) >= 11 is 0. The van der Waals surface area contributed by atoms with E-state index in [1.54, 1.807) is 18.4 Å². The Morgan fingerprint density at radius 3 is 2.68 bits per heavy atom. The summed E-state index contributed by atoms with van der Waals surface area (Å²) in [7, 11) is 0. The van der Waals surface area contributed by atoms with Crippen LogP contribution in [-0.2, 0) is 11.3 Å². The summed E-state index contributed by atoms with van der Waals surface area (Å²) in [4.78, 5) is 16.7. The molecule has 0 radical (unpaired) electrons. The zero-order chi connectivity index (χ0) is 17.1. The lowest BCUT2D eigenvalue weighted by Gasteiger charge is -2.34. The van der Waals surface area contributed by atoms with Gasteiger partial charge in [0.1, 0.15) is 0 Å². The maximum Gasteiger partial charge on any atom is 0.283 e. The van der Waals surface area contributed by atoms with Crippen molar-refractivity contribution in [3.63, 3.8) is 0 Å². The van der Waals surface area contributed by atoms with Crippen molar-refractivity contribution in [2.45, 2.75) is 38.6 Å². The maximum absolute atomic E-state index is 12.4. The van der Waals surface area contributed by atoms with E-state index in [9.17, 15) is 4.79 Å². The van der Waals surface area contributed by atoms with Crippen LogP contribution in [-0.4, -0.2) is 52.1 Å². The van der Waals surface area contributed by atoms with Crippen LogP contribution in [0.2, 0.25) is 0 Å². The molecule has 7 nitrogen and oxygen atoms in total. The number of aromatic nitrogens is 2. The first-order valence-electron chi connectivity index (χ1n) is 9.14. The average molecular weight is 344 g/mol. The SMILES string of the molecule is O=C(CC1CCCC1)N1CCN(Cc2nnc(-c3ccco3)o2)CC1. The maximum atomic E-state index is 12.4. The van der Waals surface area contributed by atoms with E-state index in [0.717, 1.165) is 32.6 Å². The van der Waals surface area contributed by atoms with E-state index in [1.165, 1.54) is 25.7 Å². The summed E-state index contributed by atoms with van der Waals surface area (Å²) in [6.07, 6.45) is 7.34. The highest BCUT2D eigenvalue weighted by atomic mass is 16.4. The Morgan fingerprint density at radius 1 is 1.16 bits per heavy atom. The molecule has 3 heterocycles. The predicted octanol–water partition coefficient (Wildman–Crippen LogP) is 2.55. The Kier molecular flexibility index (Phi) is 4.83. The second-order valence-corrected chi connectivity index (χ2v) is 6.99. The van der Waals surface area contributed by atoms with Crippen molar-refractivity contribution < 1.29 is 13.6 Å². The van der Waals surface area contributed by atoms with Crippen LogP contribution in [0.1, 0.15) is 38.0 Å². The third-order valence-corrected chi connectivity index (χ3v) is 5.22. The van der Waals surface area contributed by atoms with E-state index in [4.69, 9.17) is 8.83 Å². The standard InChI is InChI=1S/C18H24N4O3/c23-17(12-14-4-1-2-5-14)22-9-7-21(8-10-22)13-16-19-20-18(25-16)15-6-3-11-24-15/h3,6,11,14H,1-2,4-5,7-10,12-13H2. The van der Waals surface area contributed by atoms with Crippen LogP contribution >= 0.6 is 0 Å². The van der Waals surface area contributed by atoms with Gasteiger partial charge in [-0.25, -0.2) is 0 Å². The largest absolute Gasteiger partial charge is 0.459 e. The fourth-order valence-corrected chi connectivity index (χ4v) is 3.75. The van der Waals surface area contributed by atoms with Crippen molar-refractivity contribution in [1.82, 2.24) is 20.0 Å². The molecule has 1 aliphatic heterocycles. The fourth-order valence-electron chi connectivity index (χ4n) is 3.75. The molecule has 7 heteroatoms. The van der Waals surface area contributed by atoms with Gasteiger partial charge in [-0.1, -0.05) is 12.8 Å². The van der Waals surface area contributed by atoms with Gasteiger partial charge in [0.15, 0.2) is 5.76 Å². The number of hydrogen-bond donors (Lipinski definition) is 0. The molecular formula is C18H24N4O3. The van der Waals surface area contributed by atoms with Crippen molar-refractivity contribution >= 4 is 5.91 Å². The Morgan fingerprint density at radius 2 is 1.96 bits per heavy atom. The Bertz CT molecular complexity index is 683. The number of furan rings is 1. The number of rotatable bonds is 5. The van der Waals surface area contributed by atoms with Crippen LogP contribution in [0.3, 0.4) is 0 Å². The van der Waals surface area contributed by atoms with Gasteiger partial charge < -0.3 is 13.7 Å². The highest BCUT2D eigenvalue weighted by Gasteiger charge is 2.25. The monoisotopic (exact) mass is 344 g/mol. The molecule has 2 aliphatic rings. The molecule has 25 heavy (non-hydrogen) atoms. The van der Waals surface area contributed by atoms with E-state index in [-0.39, 0.29) is 0 Å². The van der Waals surface area contributed by atoms with Crippen LogP contribution in [0, 0.1) is 5.92 Å². The van der Waals surface area contributed by atoms with E-state index in [1.807, 2.05) is 4.90 Å². The third-order valence-electron chi connectivity index (χ3n) is 5.22. The minimum absolute atomic E-state index is 0.324. The van der Waals surface area contributed by atoms with Crippen molar-refractivity contribution in [2.75, 3.05) is 26.2 Å². The van der Waals surface area contributed by atoms with Gasteiger partial charge in [-0.05, 0) is 30.9 Å². The molecule has 0 aromatic carbocycles. The molecule has 1 saturated carbocycles. The number of hydrogen-bond acceptors (Lipinski definition) is 6. The Labute approximate surface area is 147 Å². The molecule has 2 aromatic rings. The zero-order valence-corrected chi connectivity index (χ0v) is 14.4. The zero-order valence-electron chi connectivity index (χ0n) is 14.4.